The van der Waals surface area contributed by atoms with Gasteiger partial charge in [-0.2, -0.15) is 0 Å². The third-order valence-electron chi connectivity index (χ3n) is 9.03. The first-order valence-electron chi connectivity index (χ1n) is 15.4. The van der Waals surface area contributed by atoms with Crippen molar-refractivity contribution < 1.29 is 4.79 Å². The Kier molecular flexibility index (Phi) is 8.16. The first-order valence-corrected chi connectivity index (χ1v) is 15.4. The van der Waals surface area contributed by atoms with Crippen molar-refractivity contribution in [1.82, 2.24) is 24.8 Å². The van der Waals surface area contributed by atoms with Gasteiger partial charge in [0.1, 0.15) is 5.82 Å². The monoisotopic (exact) mass is 566 g/mol. The summed E-state index contributed by atoms with van der Waals surface area (Å²) in [4.78, 5) is 39.0. The molecular weight excluding hydrogens is 524 g/mol. The lowest BCUT2D eigenvalue weighted by Crippen LogP contribution is -2.44. The summed E-state index contributed by atoms with van der Waals surface area (Å²) in [7, 11) is 2.15. The molecule has 0 atom stereocenters. The number of rotatable bonds is 9. The highest BCUT2D eigenvalue weighted by Crippen LogP contribution is 2.33. The Morgan fingerprint density at radius 2 is 1.88 bits per heavy atom. The predicted molar refractivity (Wildman–Crippen MR) is 169 cm³/mol. The molecule has 2 N–H and O–H groups in total. The minimum absolute atomic E-state index is 0.129. The van der Waals surface area contributed by atoms with E-state index in [0.29, 0.717) is 17.0 Å². The molecule has 2 aliphatic rings. The van der Waals surface area contributed by atoms with E-state index in [9.17, 15) is 9.59 Å². The van der Waals surface area contributed by atoms with Crippen LogP contribution in [0.15, 0.2) is 53.6 Å². The average molecular weight is 567 g/mol. The molecule has 1 aliphatic carbocycles. The lowest BCUT2D eigenvalue weighted by Gasteiger charge is -2.33. The molecule has 0 unspecified atom stereocenters. The molecule has 8 heteroatoms. The third-order valence-corrected chi connectivity index (χ3v) is 9.03. The lowest BCUT2D eigenvalue weighted by atomic mass is 9.85. The number of anilines is 1. The third kappa shape index (κ3) is 5.86. The quantitative estimate of drug-likeness (QED) is 0.293. The summed E-state index contributed by atoms with van der Waals surface area (Å²) in [5.41, 5.74) is 5.99. The van der Waals surface area contributed by atoms with Crippen LogP contribution in [0.1, 0.15) is 59.8 Å². The zero-order valence-corrected chi connectivity index (χ0v) is 25.1. The van der Waals surface area contributed by atoms with E-state index in [1.54, 1.807) is 0 Å². The summed E-state index contributed by atoms with van der Waals surface area (Å²) in [5, 5.41) is 4.01. The van der Waals surface area contributed by atoms with Crippen LogP contribution in [0.5, 0.6) is 0 Å². The van der Waals surface area contributed by atoms with Gasteiger partial charge in [0.05, 0.1) is 0 Å². The Labute approximate surface area is 247 Å². The number of piperazine rings is 1. The number of nitrogens with one attached hydrogen (secondary N) is 2. The van der Waals surface area contributed by atoms with Crippen molar-refractivity contribution in [3.63, 3.8) is 0 Å². The molecule has 1 saturated heterocycles. The van der Waals surface area contributed by atoms with Crippen LogP contribution in [0.3, 0.4) is 0 Å². The van der Waals surface area contributed by atoms with Crippen molar-refractivity contribution in [2.75, 3.05) is 38.1 Å². The van der Waals surface area contributed by atoms with Crippen molar-refractivity contribution in [3.8, 4) is 11.1 Å². The Hall–Kier alpha value is -3.91. The molecule has 42 heavy (non-hydrogen) atoms. The van der Waals surface area contributed by atoms with Crippen molar-refractivity contribution in [2.24, 2.45) is 5.92 Å². The standard InChI is InChI=1S/C34H42N6O2/c1-4-6-25-17-23(2)37-34(42)30(25)21-36-33(41)29-18-27(19-31-28(29)11-12-40(31)22-24-7-5-8-24)26-9-10-32(35-20-26)39-15-13-38(3)14-16-39/h9-12,17-20,24H,4-8,13-16,21-22H2,1-3H3,(H,36,41)(H,37,42). The maximum absolute atomic E-state index is 13.8. The molecule has 1 aliphatic heterocycles. The maximum atomic E-state index is 13.8. The molecule has 0 bridgehead atoms. The van der Waals surface area contributed by atoms with Crippen LogP contribution in [0.2, 0.25) is 0 Å². The highest BCUT2D eigenvalue weighted by Gasteiger charge is 2.22. The number of nitrogens with zero attached hydrogens (tertiary/aromatic N) is 4. The minimum atomic E-state index is -0.173. The molecule has 1 aromatic carbocycles. The van der Waals surface area contributed by atoms with Crippen LogP contribution < -0.4 is 15.8 Å². The van der Waals surface area contributed by atoms with Crippen LogP contribution in [0.25, 0.3) is 22.0 Å². The number of H-pyrrole nitrogens is 1. The largest absolute Gasteiger partial charge is 0.354 e. The predicted octanol–water partition coefficient (Wildman–Crippen LogP) is 5.13. The lowest BCUT2D eigenvalue weighted by molar-refractivity contribution is 0.0952. The number of carbonyl (C=O) groups excluding carboxylic acids is 1. The van der Waals surface area contributed by atoms with Gasteiger partial charge < -0.3 is 24.7 Å². The molecule has 2 fully saturated rings. The minimum Gasteiger partial charge on any atom is -0.354 e. The van der Waals surface area contributed by atoms with E-state index in [-0.39, 0.29) is 18.0 Å². The summed E-state index contributed by atoms with van der Waals surface area (Å²) in [6.45, 7) is 9.16. The van der Waals surface area contributed by atoms with Crippen molar-refractivity contribution in [3.05, 3.63) is 81.5 Å². The number of pyridine rings is 2. The molecule has 220 valence electrons. The fourth-order valence-electron chi connectivity index (χ4n) is 6.28. The first-order chi connectivity index (χ1) is 20.4. The van der Waals surface area contributed by atoms with E-state index < -0.39 is 0 Å². The number of aromatic nitrogens is 3. The summed E-state index contributed by atoms with van der Waals surface area (Å²) in [6, 6.07) is 12.5. The zero-order chi connectivity index (χ0) is 29.2. The fourth-order valence-corrected chi connectivity index (χ4v) is 6.28. The number of aromatic amines is 1. The van der Waals surface area contributed by atoms with Gasteiger partial charge in [-0.15, -0.1) is 0 Å². The van der Waals surface area contributed by atoms with E-state index >= 15 is 0 Å². The summed E-state index contributed by atoms with van der Waals surface area (Å²) >= 11 is 0. The van der Waals surface area contributed by atoms with Gasteiger partial charge in [-0.1, -0.05) is 19.8 Å². The zero-order valence-electron chi connectivity index (χ0n) is 25.1. The van der Waals surface area contributed by atoms with Gasteiger partial charge >= 0.3 is 0 Å². The second-order valence-corrected chi connectivity index (χ2v) is 12.1. The summed E-state index contributed by atoms with van der Waals surface area (Å²) in [5.74, 6) is 1.51. The molecule has 0 spiro atoms. The molecule has 4 aromatic rings. The Bertz CT molecular complexity index is 1620. The SMILES string of the molecule is CCCc1cc(C)[nH]c(=O)c1CNC(=O)c1cc(-c2ccc(N3CCN(C)CC3)nc2)cc2c1ccn2CC1CCC1. The molecule has 1 amide bonds. The number of benzene rings is 1. The average Bonchev–Trinajstić information content (AvgIpc) is 3.37. The number of fused-ring (bicyclic) bond motifs is 1. The molecule has 6 rings (SSSR count). The number of likely N-dealkylation sites (N-methyl/N-ethyl adjacent to an activating group) is 1. The fraction of sp³-hybridized carbons (Fsp3) is 0.441. The number of hydrogen-bond donors (Lipinski definition) is 2. The highest BCUT2D eigenvalue weighted by atomic mass is 16.1. The Balaban J connectivity index is 1.32. The van der Waals surface area contributed by atoms with Crippen LogP contribution >= 0.6 is 0 Å². The van der Waals surface area contributed by atoms with Gasteiger partial charge in [-0.3, -0.25) is 9.59 Å². The van der Waals surface area contributed by atoms with E-state index in [2.05, 4.69) is 69.1 Å². The van der Waals surface area contributed by atoms with Gasteiger partial charge in [-0.25, -0.2) is 4.98 Å². The van der Waals surface area contributed by atoms with E-state index in [4.69, 9.17) is 4.98 Å². The molecule has 0 radical (unpaired) electrons. The van der Waals surface area contributed by atoms with Crippen LogP contribution in [0.4, 0.5) is 5.82 Å². The molecule has 4 heterocycles. The molecule has 3 aromatic heterocycles. The van der Waals surface area contributed by atoms with Crippen LogP contribution in [0, 0.1) is 12.8 Å². The normalized spacial score (nSPS) is 16.1. The molecule has 1 saturated carbocycles. The van der Waals surface area contributed by atoms with E-state index in [1.165, 1.54) is 19.3 Å². The van der Waals surface area contributed by atoms with E-state index in [0.717, 1.165) is 84.7 Å². The first kappa shape index (κ1) is 28.2. The number of amides is 1. The molecule has 8 nitrogen and oxygen atoms in total. The summed E-state index contributed by atoms with van der Waals surface area (Å²) in [6.07, 6.45) is 9.60. The van der Waals surface area contributed by atoms with Gasteiger partial charge in [0.15, 0.2) is 0 Å². The van der Waals surface area contributed by atoms with Gasteiger partial charge in [-0.05, 0) is 86.7 Å². The van der Waals surface area contributed by atoms with Gasteiger partial charge in [0, 0.05) is 84.9 Å². The van der Waals surface area contributed by atoms with Crippen molar-refractivity contribution in [2.45, 2.75) is 59.0 Å². The highest BCUT2D eigenvalue weighted by molar-refractivity contribution is 6.08. The van der Waals surface area contributed by atoms with E-state index in [1.807, 2.05) is 25.3 Å². The van der Waals surface area contributed by atoms with Crippen molar-refractivity contribution in [1.29, 1.82) is 0 Å². The topological polar surface area (TPSA) is 86.3 Å². The number of hydrogen-bond acceptors (Lipinski definition) is 5. The maximum Gasteiger partial charge on any atom is 0.253 e. The van der Waals surface area contributed by atoms with Crippen LogP contribution in [-0.2, 0) is 19.5 Å². The summed E-state index contributed by atoms with van der Waals surface area (Å²) < 4.78 is 2.30. The Morgan fingerprint density at radius 3 is 2.57 bits per heavy atom. The van der Waals surface area contributed by atoms with Gasteiger partial charge in [0.25, 0.3) is 11.5 Å². The smallest absolute Gasteiger partial charge is 0.253 e. The number of aryl methyl sites for hydroxylation is 2. The van der Waals surface area contributed by atoms with Crippen molar-refractivity contribution >= 4 is 22.6 Å². The molecular formula is C34H42N6O2. The second-order valence-electron chi connectivity index (χ2n) is 12.1. The second kappa shape index (κ2) is 12.1. The van der Waals surface area contributed by atoms with Crippen LogP contribution in [-0.4, -0.2) is 58.6 Å². The number of carbonyl (C=O) groups is 1. The van der Waals surface area contributed by atoms with Gasteiger partial charge in [0.2, 0.25) is 0 Å². The Morgan fingerprint density at radius 1 is 1.07 bits per heavy atom.